The fourth-order valence-electron chi connectivity index (χ4n) is 1.43. The van der Waals surface area contributed by atoms with Crippen LogP contribution in [0.2, 0.25) is 5.02 Å². The van der Waals surface area contributed by atoms with Crippen LogP contribution in [0.5, 0.6) is 0 Å². The summed E-state index contributed by atoms with van der Waals surface area (Å²) in [7, 11) is 0. The van der Waals surface area contributed by atoms with Gasteiger partial charge in [0.05, 0.1) is 10.7 Å². The monoisotopic (exact) mass is 292 g/mol. The first-order valence-corrected chi connectivity index (χ1v) is 6.78. The number of nitrogens with one attached hydrogen (secondary N) is 1. The lowest BCUT2D eigenvalue weighted by Crippen LogP contribution is -2.12. The van der Waals surface area contributed by atoms with Gasteiger partial charge in [0.2, 0.25) is 0 Å². The maximum absolute atomic E-state index is 8.64. The third-order valence-electron chi connectivity index (χ3n) is 2.19. The molecule has 2 aromatic rings. The molecule has 8 heteroatoms. The smallest absolute Gasteiger partial charge is 0.183 e. The fourth-order valence-corrected chi connectivity index (χ4v) is 2.02. The van der Waals surface area contributed by atoms with Gasteiger partial charge < -0.3 is 0 Å². The van der Waals surface area contributed by atoms with Crippen LogP contribution in [0.1, 0.15) is 0 Å². The molecule has 0 atom stereocenters. The Morgan fingerprint density at radius 1 is 1.58 bits per heavy atom. The maximum atomic E-state index is 8.64. The van der Waals surface area contributed by atoms with Crippen LogP contribution in [0.4, 0.5) is 5.69 Å². The van der Waals surface area contributed by atoms with Crippen molar-refractivity contribution in [3.05, 3.63) is 35.9 Å². The Kier molecular flexibility index (Phi) is 4.39. The first kappa shape index (κ1) is 13.4. The van der Waals surface area contributed by atoms with Crippen molar-refractivity contribution in [1.29, 1.82) is 5.26 Å². The standard InChI is InChI=1S/C11H9ClN6S/c1-19-11(15-5-13)17-9-4-2-3-8(12)10(9)18-7-14-6-16-18/h2-4,6-7H,1H3,(H,15,17). The van der Waals surface area contributed by atoms with Gasteiger partial charge in [-0.2, -0.15) is 10.4 Å². The molecule has 6 nitrogen and oxygen atoms in total. The van der Waals surface area contributed by atoms with Crippen molar-refractivity contribution in [2.75, 3.05) is 6.26 Å². The number of aromatic nitrogens is 3. The Morgan fingerprint density at radius 3 is 3.05 bits per heavy atom. The van der Waals surface area contributed by atoms with Gasteiger partial charge in [-0.15, -0.1) is 0 Å². The van der Waals surface area contributed by atoms with E-state index in [1.54, 1.807) is 18.2 Å². The SMILES string of the molecule is CSC(=Nc1cccc(Cl)c1-n1cncn1)NC#N. The molecule has 0 fully saturated rings. The van der Waals surface area contributed by atoms with Crippen molar-refractivity contribution in [2.24, 2.45) is 4.99 Å². The minimum Gasteiger partial charge on any atom is -0.271 e. The van der Waals surface area contributed by atoms with E-state index in [9.17, 15) is 0 Å². The van der Waals surface area contributed by atoms with E-state index in [-0.39, 0.29) is 0 Å². The molecule has 19 heavy (non-hydrogen) atoms. The van der Waals surface area contributed by atoms with Crippen LogP contribution in [0.15, 0.2) is 35.8 Å². The zero-order valence-corrected chi connectivity index (χ0v) is 11.5. The summed E-state index contributed by atoms with van der Waals surface area (Å²) < 4.78 is 1.53. The lowest BCUT2D eigenvalue weighted by atomic mass is 10.2. The molecule has 0 aliphatic carbocycles. The van der Waals surface area contributed by atoms with E-state index in [0.717, 1.165) is 0 Å². The van der Waals surface area contributed by atoms with E-state index in [1.807, 2.05) is 12.4 Å². The van der Waals surface area contributed by atoms with Crippen LogP contribution >= 0.6 is 23.4 Å². The number of amidine groups is 1. The Labute approximate surface area is 119 Å². The molecule has 0 amide bonds. The minimum atomic E-state index is 0.478. The highest BCUT2D eigenvalue weighted by atomic mass is 35.5. The average molecular weight is 293 g/mol. The first-order valence-electron chi connectivity index (χ1n) is 5.17. The second-order valence-electron chi connectivity index (χ2n) is 3.31. The summed E-state index contributed by atoms with van der Waals surface area (Å²) in [5.41, 5.74) is 1.22. The average Bonchev–Trinajstić information content (AvgIpc) is 2.92. The van der Waals surface area contributed by atoms with Crippen molar-refractivity contribution < 1.29 is 0 Å². The quantitative estimate of drug-likeness (QED) is 0.398. The number of nitriles is 1. The third-order valence-corrected chi connectivity index (χ3v) is 3.08. The van der Waals surface area contributed by atoms with Crippen LogP contribution in [0.3, 0.4) is 0 Å². The first-order chi connectivity index (χ1) is 9.26. The summed E-state index contributed by atoms with van der Waals surface area (Å²) in [6, 6.07) is 5.32. The molecule has 1 aromatic carbocycles. The highest BCUT2D eigenvalue weighted by Crippen LogP contribution is 2.30. The molecule has 0 saturated carbocycles. The second-order valence-corrected chi connectivity index (χ2v) is 4.51. The summed E-state index contributed by atoms with van der Waals surface area (Å²) >= 11 is 7.50. The number of thioether (sulfide) groups is 1. The molecule has 0 aliphatic rings. The lowest BCUT2D eigenvalue weighted by molar-refractivity contribution is 0.879. The van der Waals surface area contributed by atoms with Crippen molar-refractivity contribution in [3.63, 3.8) is 0 Å². The number of para-hydroxylation sites is 1. The van der Waals surface area contributed by atoms with Gasteiger partial charge in [-0.3, -0.25) is 5.32 Å². The van der Waals surface area contributed by atoms with Crippen molar-refractivity contribution in [3.8, 4) is 11.9 Å². The molecule has 0 unspecified atom stereocenters. The number of benzene rings is 1. The van der Waals surface area contributed by atoms with Crippen molar-refractivity contribution in [1.82, 2.24) is 20.1 Å². The lowest BCUT2D eigenvalue weighted by Gasteiger charge is -2.08. The third kappa shape index (κ3) is 3.05. The predicted octanol–water partition coefficient (Wildman–Crippen LogP) is 2.34. The molecule has 0 aliphatic heterocycles. The Hall–Kier alpha value is -2.04. The molecule has 96 valence electrons. The van der Waals surface area contributed by atoms with Gasteiger partial charge in [-0.05, 0) is 18.4 Å². The minimum absolute atomic E-state index is 0.478. The van der Waals surface area contributed by atoms with Gasteiger partial charge in [0.25, 0.3) is 0 Å². The summed E-state index contributed by atoms with van der Waals surface area (Å²) in [6.45, 7) is 0. The van der Waals surface area contributed by atoms with Gasteiger partial charge >= 0.3 is 0 Å². The number of nitrogens with zero attached hydrogens (tertiary/aromatic N) is 5. The van der Waals surface area contributed by atoms with Gasteiger partial charge in [0, 0.05) is 0 Å². The highest BCUT2D eigenvalue weighted by molar-refractivity contribution is 8.13. The van der Waals surface area contributed by atoms with E-state index in [2.05, 4.69) is 20.4 Å². The number of rotatable bonds is 2. The maximum Gasteiger partial charge on any atom is 0.183 e. The van der Waals surface area contributed by atoms with E-state index >= 15 is 0 Å². The van der Waals surface area contributed by atoms with Crippen LogP contribution < -0.4 is 5.32 Å². The molecule has 1 heterocycles. The van der Waals surface area contributed by atoms with Crippen LogP contribution in [-0.2, 0) is 0 Å². The molecular weight excluding hydrogens is 284 g/mol. The molecular formula is C11H9ClN6S. The van der Waals surface area contributed by atoms with Gasteiger partial charge in [0.15, 0.2) is 11.4 Å². The largest absolute Gasteiger partial charge is 0.271 e. The van der Waals surface area contributed by atoms with Gasteiger partial charge in [-0.1, -0.05) is 29.4 Å². The fraction of sp³-hybridized carbons (Fsp3) is 0.0909. The highest BCUT2D eigenvalue weighted by Gasteiger charge is 2.10. The zero-order valence-electron chi connectivity index (χ0n) is 9.91. The Morgan fingerprint density at radius 2 is 2.42 bits per heavy atom. The summed E-state index contributed by atoms with van der Waals surface area (Å²) in [4.78, 5) is 8.24. The van der Waals surface area contributed by atoms with Crippen molar-refractivity contribution in [2.45, 2.75) is 0 Å². The van der Waals surface area contributed by atoms with E-state index in [1.165, 1.54) is 29.1 Å². The Balaban J connectivity index is 2.53. The molecule has 0 radical (unpaired) electrons. The number of hydrogen-bond donors (Lipinski definition) is 1. The van der Waals surface area contributed by atoms with Crippen LogP contribution in [-0.4, -0.2) is 26.2 Å². The van der Waals surface area contributed by atoms with Gasteiger partial charge in [-0.25, -0.2) is 14.7 Å². The molecule has 0 spiro atoms. The molecule has 0 bridgehead atoms. The molecule has 1 N–H and O–H groups in total. The van der Waals surface area contributed by atoms with E-state index in [4.69, 9.17) is 16.9 Å². The predicted molar refractivity (Wildman–Crippen MR) is 75.7 cm³/mol. The topological polar surface area (TPSA) is 78.9 Å². The van der Waals surface area contributed by atoms with E-state index in [0.29, 0.717) is 21.6 Å². The molecule has 2 rings (SSSR count). The van der Waals surface area contributed by atoms with E-state index < -0.39 is 0 Å². The number of hydrogen-bond acceptors (Lipinski definition) is 5. The molecule has 1 aromatic heterocycles. The van der Waals surface area contributed by atoms with Crippen molar-refractivity contribution >= 4 is 34.2 Å². The van der Waals surface area contributed by atoms with Crippen LogP contribution in [0, 0.1) is 11.5 Å². The summed E-state index contributed by atoms with van der Waals surface area (Å²) in [5.74, 6) is 0. The summed E-state index contributed by atoms with van der Waals surface area (Å²) in [5, 5.41) is 16.2. The Bertz CT molecular complexity index is 631. The zero-order chi connectivity index (χ0) is 13.7. The second kappa shape index (κ2) is 6.22. The number of aliphatic imine (C=N–C) groups is 1. The number of halogens is 1. The van der Waals surface area contributed by atoms with Crippen LogP contribution in [0.25, 0.3) is 5.69 Å². The molecule has 0 saturated heterocycles. The summed E-state index contributed by atoms with van der Waals surface area (Å²) in [6.07, 6.45) is 6.62. The normalized spacial score (nSPS) is 11.1. The van der Waals surface area contributed by atoms with Gasteiger partial charge in [0.1, 0.15) is 18.3 Å².